The van der Waals surface area contributed by atoms with E-state index in [9.17, 15) is 13.6 Å². The van der Waals surface area contributed by atoms with E-state index in [1.54, 1.807) is 6.21 Å². The van der Waals surface area contributed by atoms with Crippen molar-refractivity contribution >= 4 is 46.9 Å². The molecule has 4 N–H and O–H groups in total. The number of carbonyl (C=O) groups is 1. The first kappa shape index (κ1) is 18.8. The third kappa shape index (κ3) is 4.80. The van der Waals surface area contributed by atoms with Crippen molar-refractivity contribution < 1.29 is 13.6 Å². The van der Waals surface area contributed by atoms with Crippen LogP contribution >= 0.6 is 23.1 Å². The third-order valence-electron chi connectivity index (χ3n) is 3.12. The molecule has 2 aromatic heterocycles. The molecule has 0 fully saturated rings. The Balaban J connectivity index is 1.55. The predicted octanol–water partition coefficient (Wildman–Crippen LogP) is 2.51. The summed E-state index contributed by atoms with van der Waals surface area (Å²) >= 11 is 2.47. The highest BCUT2D eigenvalue weighted by Crippen LogP contribution is 2.20. The van der Waals surface area contributed by atoms with Crippen LogP contribution < -0.4 is 16.6 Å². The van der Waals surface area contributed by atoms with Gasteiger partial charge in [0, 0.05) is 4.88 Å². The van der Waals surface area contributed by atoms with E-state index in [1.807, 2.05) is 17.5 Å². The van der Waals surface area contributed by atoms with E-state index in [-0.39, 0.29) is 16.9 Å². The first-order valence-corrected chi connectivity index (χ1v) is 9.31. The van der Waals surface area contributed by atoms with Gasteiger partial charge in [0.25, 0.3) is 5.95 Å². The zero-order valence-electron chi connectivity index (χ0n) is 13.6. The highest BCUT2D eigenvalue weighted by molar-refractivity contribution is 7.99. The number of benzene rings is 1. The second-order valence-corrected chi connectivity index (χ2v) is 6.92. The number of nitrogens with two attached hydrogens (primary N) is 1. The zero-order valence-corrected chi connectivity index (χ0v) is 15.2. The van der Waals surface area contributed by atoms with E-state index >= 15 is 0 Å². The summed E-state index contributed by atoms with van der Waals surface area (Å²) in [6.45, 7) is 0. The fourth-order valence-corrected chi connectivity index (χ4v) is 3.13. The van der Waals surface area contributed by atoms with Gasteiger partial charge in [-0.1, -0.05) is 23.9 Å². The van der Waals surface area contributed by atoms with Crippen molar-refractivity contribution in [3.05, 3.63) is 52.2 Å². The minimum Gasteiger partial charge on any atom is -0.334 e. The van der Waals surface area contributed by atoms with Gasteiger partial charge in [0.2, 0.25) is 11.1 Å². The Bertz CT molecular complexity index is 939. The highest BCUT2D eigenvalue weighted by Gasteiger charge is 2.15. The molecular weight excluding hydrogens is 396 g/mol. The normalized spacial score (nSPS) is 11.0. The zero-order chi connectivity index (χ0) is 19.2. The van der Waals surface area contributed by atoms with Gasteiger partial charge in [0.1, 0.15) is 17.3 Å². The molecule has 0 atom stereocenters. The number of halogens is 2. The van der Waals surface area contributed by atoms with Gasteiger partial charge in [-0.3, -0.25) is 4.79 Å². The van der Waals surface area contributed by atoms with Crippen molar-refractivity contribution in [2.45, 2.75) is 5.16 Å². The number of aromatic nitrogens is 3. The molecule has 12 heteroatoms. The number of amides is 1. The first-order valence-electron chi connectivity index (χ1n) is 7.44. The molecule has 27 heavy (non-hydrogen) atoms. The summed E-state index contributed by atoms with van der Waals surface area (Å²) in [6.07, 6.45) is 1.60. The Morgan fingerprint density at radius 2 is 2.07 bits per heavy atom. The van der Waals surface area contributed by atoms with E-state index in [0.717, 1.165) is 33.4 Å². The molecule has 8 nitrogen and oxygen atoms in total. The van der Waals surface area contributed by atoms with Crippen LogP contribution in [0.15, 0.2) is 46.0 Å². The molecule has 1 aromatic carbocycles. The molecule has 140 valence electrons. The minimum absolute atomic E-state index is 0.165. The van der Waals surface area contributed by atoms with Crippen molar-refractivity contribution in [3.8, 4) is 0 Å². The predicted molar refractivity (Wildman–Crippen MR) is 101 cm³/mol. The number of hydrazone groups is 1. The molecule has 0 aliphatic carbocycles. The summed E-state index contributed by atoms with van der Waals surface area (Å²) in [7, 11) is 0. The summed E-state index contributed by atoms with van der Waals surface area (Å²) in [5.74, 6) is 3.52. The largest absolute Gasteiger partial charge is 0.334 e. The van der Waals surface area contributed by atoms with Crippen LogP contribution in [-0.2, 0) is 4.79 Å². The van der Waals surface area contributed by atoms with Gasteiger partial charge in [-0.25, -0.2) is 18.9 Å². The lowest BCUT2D eigenvalue weighted by Gasteiger charge is -2.07. The molecule has 0 spiro atoms. The Morgan fingerprint density at radius 1 is 1.30 bits per heavy atom. The quantitative estimate of drug-likeness (QED) is 0.239. The SMILES string of the molecule is Nn1c(N/N=C/c2cccs2)nnc1SCC(=O)Nc1c(F)cccc1F. The summed E-state index contributed by atoms with van der Waals surface area (Å²) < 4.78 is 28.2. The average molecular weight is 409 g/mol. The summed E-state index contributed by atoms with van der Waals surface area (Å²) in [4.78, 5) is 12.9. The summed E-state index contributed by atoms with van der Waals surface area (Å²) in [5, 5.41) is 16.0. The number of hydrogen-bond acceptors (Lipinski definition) is 8. The van der Waals surface area contributed by atoms with Gasteiger partial charge >= 0.3 is 0 Å². The number of carbonyl (C=O) groups excluding carboxylic acids is 1. The Morgan fingerprint density at radius 3 is 2.78 bits per heavy atom. The molecule has 0 unspecified atom stereocenters. The molecule has 0 aliphatic rings. The van der Waals surface area contributed by atoms with Crippen molar-refractivity contribution in [1.82, 2.24) is 14.9 Å². The number of nitrogens with one attached hydrogen (secondary N) is 2. The van der Waals surface area contributed by atoms with Crippen molar-refractivity contribution in [2.75, 3.05) is 22.3 Å². The molecule has 1 amide bonds. The third-order valence-corrected chi connectivity index (χ3v) is 4.87. The van der Waals surface area contributed by atoms with E-state index in [2.05, 4.69) is 26.0 Å². The lowest BCUT2D eigenvalue weighted by Crippen LogP contribution is -2.18. The maximum absolute atomic E-state index is 13.5. The number of hydrogen-bond donors (Lipinski definition) is 3. The van der Waals surface area contributed by atoms with Crippen LogP contribution in [0.3, 0.4) is 0 Å². The fourth-order valence-electron chi connectivity index (χ4n) is 1.89. The Labute approximate surface area is 160 Å². The number of thiophene rings is 1. The van der Waals surface area contributed by atoms with E-state index in [4.69, 9.17) is 5.84 Å². The summed E-state index contributed by atoms with van der Waals surface area (Å²) in [5.41, 5.74) is 2.14. The Kier molecular flexibility index (Phi) is 5.98. The first-order chi connectivity index (χ1) is 13.0. The van der Waals surface area contributed by atoms with Crippen molar-refractivity contribution in [2.24, 2.45) is 5.10 Å². The van der Waals surface area contributed by atoms with E-state index in [1.165, 1.54) is 17.4 Å². The molecule has 2 heterocycles. The smallest absolute Gasteiger partial charge is 0.264 e. The molecular formula is C15H13F2N7OS2. The maximum atomic E-state index is 13.5. The van der Waals surface area contributed by atoms with E-state index < -0.39 is 23.2 Å². The van der Waals surface area contributed by atoms with Gasteiger partial charge in [0.05, 0.1) is 12.0 Å². The average Bonchev–Trinajstić information content (AvgIpc) is 3.27. The standard InChI is InChI=1S/C15H13F2N7OS2/c16-10-4-1-5-11(17)13(10)20-12(25)8-27-15-23-22-14(24(15)18)21-19-7-9-3-2-6-26-9/h1-7H,8,18H2,(H,20,25)(H,21,22)/b19-7+. The van der Waals surface area contributed by atoms with Gasteiger partial charge < -0.3 is 11.2 Å². The van der Waals surface area contributed by atoms with Crippen LogP contribution in [0.5, 0.6) is 0 Å². The molecule has 3 rings (SSSR count). The van der Waals surface area contributed by atoms with Gasteiger partial charge in [0.15, 0.2) is 0 Å². The van der Waals surface area contributed by atoms with Gasteiger partial charge in [-0.05, 0) is 23.6 Å². The lowest BCUT2D eigenvalue weighted by molar-refractivity contribution is -0.113. The molecule has 0 saturated carbocycles. The second kappa shape index (κ2) is 8.60. The van der Waals surface area contributed by atoms with Crippen LogP contribution in [-0.4, -0.2) is 32.7 Å². The van der Waals surface area contributed by atoms with Crippen LogP contribution in [0, 0.1) is 11.6 Å². The highest BCUT2D eigenvalue weighted by atomic mass is 32.2. The topological polar surface area (TPSA) is 110 Å². The van der Waals surface area contributed by atoms with Crippen LogP contribution in [0.25, 0.3) is 0 Å². The van der Waals surface area contributed by atoms with Crippen molar-refractivity contribution in [3.63, 3.8) is 0 Å². The number of rotatable bonds is 7. The number of nitrogens with zero attached hydrogens (tertiary/aromatic N) is 4. The summed E-state index contributed by atoms with van der Waals surface area (Å²) in [6, 6.07) is 7.10. The number of anilines is 2. The maximum Gasteiger partial charge on any atom is 0.264 e. The molecule has 0 radical (unpaired) electrons. The molecule has 0 saturated heterocycles. The fraction of sp³-hybridized carbons (Fsp3) is 0.0667. The molecule has 0 aliphatic heterocycles. The van der Waals surface area contributed by atoms with Crippen LogP contribution in [0.2, 0.25) is 0 Å². The minimum atomic E-state index is -0.856. The Hall–Kier alpha value is -2.99. The van der Waals surface area contributed by atoms with E-state index in [0.29, 0.717) is 0 Å². The number of para-hydroxylation sites is 1. The lowest BCUT2D eigenvalue weighted by atomic mass is 10.3. The molecule has 3 aromatic rings. The monoisotopic (exact) mass is 409 g/mol. The van der Waals surface area contributed by atoms with Gasteiger partial charge in [-0.15, -0.1) is 21.5 Å². The van der Waals surface area contributed by atoms with Crippen LogP contribution in [0.4, 0.5) is 20.4 Å². The van der Waals surface area contributed by atoms with Crippen molar-refractivity contribution in [1.29, 1.82) is 0 Å². The molecule has 0 bridgehead atoms. The second-order valence-electron chi connectivity index (χ2n) is 5.00. The number of nitrogen functional groups attached to an aromatic ring is 1. The van der Waals surface area contributed by atoms with Crippen LogP contribution in [0.1, 0.15) is 4.88 Å². The number of thioether (sulfide) groups is 1. The van der Waals surface area contributed by atoms with Gasteiger partial charge in [-0.2, -0.15) is 5.10 Å².